The van der Waals surface area contributed by atoms with Crippen molar-refractivity contribution in [1.29, 1.82) is 0 Å². The largest absolute Gasteiger partial charge is 0.493 e. The maximum atomic E-state index is 11.9. The molecular weight excluding hydrogens is 284 g/mol. The summed E-state index contributed by atoms with van der Waals surface area (Å²) in [6, 6.07) is 8.42. The highest BCUT2D eigenvalue weighted by Gasteiger charge is 2.21. The van der Waals surface area contributed by atoms with Crippen LogP contribution in [0.5, 0.6) is 5.75 Å². The van der Waals surface area contributed by atoms with E-state index in [1.54, 1.807) is 0 Å². The number of benzene rings is 1. The van der Waals surface area contributed by atoms with Gasteiger partial charge in [-0.2, -0.15) is 11.8 Å². The van der Waals surface area contributed by atoms with E-state index in [9.17, 15) is 4.79 Å². The van der Waals surface area contributed by atoms with Gasteiger partial charge in [-0.25, -0.2) is 4.79 Å². The molecule has 4 nitrogen and oxygen atoms in total. The van der Waals surface area contributed by atoms with Crippen LogP contribution in [0.1, 0.15) is 18.4 Å². The van der Waals surface area contributed by atoms with E-state index in [0.717, 1.165) is 24.3 Å². The van der Waals surface area contributed by atoms with Crippen LogP contribution in [0.2, 0.25) is 0 Å². The number of rotatable bonds is 3. The minimum Gasteiger partial charge on any atom is -0.493 e. The van der Waals surface area contributed by atoms with E-state index in [0.29, 0.717) is 25.1 Å². The first-order chi connectivity index (χ1) is 10.3. The number of carbonyl (C=O) groups excluding carboxylic acids is 1. The lowest BCUT2D eigenvalue weighted by atomic mass is 9.97. The predicted molar refractivity (Wildman–Crippen MR) is 86.0 cm³/mol. The number of thioether (sulfide) groups is 1. The van der Waals surface area contributed by atoms with Crippen LogP contribution in [0.3, 0.4) is 0 Å². The Kier molecular flexibility index (Phi) is 4.91. The molecule has 5 heteroatoms. The molecule has 0 aliphatic carbocycles. The van der Waals surface area contributed by atoms with Crippen molar-refractivity contribution in [2.45, 2.75) is 25.3 Å². The Morgan fingerprint density at radius 1 is 1.38 bits per heavy atom. The van der Waals surface area contributed by atoms with Crippen molar-refractivity contribution < 1.29 is 9.53 Å². The van der Waals surface area contributed by atoms with E-state index in [1.165, 1.54) is 17.7 Å². The molecule has 0 radical (unpaired) electrons. The molecule has 0 aromatic heterocycles. The van der Waals surface area contributed by atoms with Crippen molar-refractivity contribution in [3.63, 3.8) is 0 Å². The summed E-state index contributed by atoms with van der Waals surface area (Å²) < 4.78 is 5.74. The predicted octanol–water partition coefficient (Wildman–Crippen LogP) is 2.43. The molecule has 2 N–H and O–H groups in total. The zero-order chi connectivity index (χ0) is 14.5. The van der Waals surface area contributed by atoms with Crippen LogP contribution in [0, 0.1) is 5.92 Å². The van der Waals surface area contributed by atoms with E-state index in [4.69, 9.17) is 4.74 Å². The van der Waals surface area contributed by atoms with Gasteiger partial charge in [0, 0.05) is 24.3 Å². The van der Waals surface area contributed by atoms with Crippen molar-refractivity contribution in [3.05, 3.63) is 29.8 Å². The van der Waals surface area contributed by atoms with Crippen LogP contribution in [-0.2, 0) is 6.42 Å². The summed E-state index contributed by atoms with van der Waals surface area (Å²) in [4.78, 5) is 11.9. The SMILES string of the molecule is O=C(NC[C@@H]1COc2ccccc2C1)N[C@@H]1CCCSC1. The maximum absolute atomic E-state index is 11.9. The van der Waals surface area contributed by atoms with Gasteiger partial charge in [-0.3, -0.25) is 0 Å². The molecule has 2 atom stereocenters. The van der Waals surface area contributed by atoms with E-state index in [-0.39, 0.29) is 6.03 Å². The summed E-state index contributed by atoms with van der Waals surface area (Å²) in [6.45, 7) is 1.34. The molecule has 0 saturated carbocycles. The fourth-order valence-corrected chi connectivity index (χ4v) is 3.92. The average Bonchev–Trinajstić information content (AvgIpc) is 2.54. The van der Waals surface area contributed by atoms with Crippen LogP contribution in [0.25, 0.3) is 0 Å². The number of amides is 2. The molecular formula is C16H22N2O2S. The highest BCUT2D eigenvalue weighted by atomic mass is 32.2. The minimum atomic E-state index is -0.0404. The van der Waals surface area contributed by atoms with Gasteiger partial charge in [0.25, 0.3) is 0 Å². The Morgan fingerprint density at radius 3 is 3.14 bits per heavy atom. The molecule has 1 fully saturated rings. The van der Waals surface area contributed by atoms with Crippen LogP contribution in [-0.4, -0.2) is 36.7 Å². The molecule has 2 aliphatic heterocycles. The fourth-order valence-electron chi connectivity index (χ4n) is 2.85. The third kappa shape index (κ3) is 4.06. The standard InChI is InChI=1S/C16H22N2O2S/c19-16(18-14-5-3-7-21-11-14)17-9-12-8-13-4-1-2-6-15(13)20-10-12/h1-2,4,6,12,14H,3,5,7-11H2,(H2,17,18,19)/t12-,14-/m1/s1. The van der Waals surface area contributed by atoms with Gasteiger partial charge in [0.1, 0.15) is 5.75 Å². The van der Waals surface area contributed by atoms with Crippen molar-refractivity contribution in [2.75, 3.05) is 24.7 Å². The number of hydrogen-bond acceptors (Lipinski definition) is 3. The third-order valence-corrected chi connectivity index (χ3v) is 5.22. The zero-order valence-corrected chi connectivity index (χ0v) is 13.0. The number of ether oxygens (including phenoxy) is 1. The number of hydrogen-bond donors (Lipinski definition) is 2. The Hall–Kier alpha value is -1.36. The molecule has 3 rings (SSSR count). The zero-order valence-electron chi connectivity index (χ0n) is 12.1. The van der Waals surface area contributed by atoms with E-state index in [2.05, 4.69) is 16.7 Å². The van der Waals surface area contributed by atoms with Crippen LogP contribution >= 0.6 is 11.8 Å². The first-order valence-electron chi connectivity index (χ1n) is 7.64. The molecule has 0 spiro atoms. The second kappa shape index (κ2) is 7.07. The lowest BCUT2D eigenvalue weighted by Gasteiger charge is -2.26. The lowest BCUT2D eigenvalue weighted by molar-refractivity contribution is 0.210. The smallest absolute Gasteiger partial charge is 0.315 e. The summed E-state index contributed by atoms with van der Waals surface area (Å²) >= 11 is 1.92. The van der Waals surface area contributed by atoms with Gasteiger partial charge in [0.05, 0.1) is 6.61 Å². The van der Waals surface area contributed by atoms with Gasteiger partial charge in [-0.05, 0) is 36.6 Å². The highest BCUT2D eigenvalue weighted by molar-refractivity contribution is 7.99. The molecule has 1 aromatic rings. The maximum Gasteiger partial charge on any atom is 0.315 e. The Bertz CT molecular complexity index is 489. The molecule has 114 valence electrons. The van der Waals surface area contributed by atoms with Gasteiger partial charge in [-0.1, -0.05) is 18.2 Å². The second-order valence-corrected chi connectivity index (χ2v) is 6.91. The van der Waals surface area contributed by atoms with Gasteiger partial charge < -0.3 is 15.4 Å². The molecule has 2 heterocycles. The van der Waals surface area contributed by atoms with Crippen molar-refractivity contribution >= 4 is 17.8 Å². The second-order valence-electron chi connectivity index (χ2n) is 5.76. The molecule has 1 aromatic carbocycles. The summed E-state index contributed by atoms with van der Waals surface area (Å²) in [5.74, 6) is 3.59. The average molecular weight is 306 g/mol. The van der Waals surface area contributed by atoms with E-state index >= 15 is 0 Å². The summed E-state index contributed by atoms with van der Waals surface area (Å²) in [7, 11) is 0. The van der Waals surface area contributed by atoms with Gasteiger partial charge >= 0.3 is 6.03 Å². The van der Waals surface area contributed by atoms with Gasteiger partial charge in [0.15, 0.2) is 0 Å². The van der Waals surface area contributed by atoms with Crippen molar-refractivity contribution in [1.82, 2.24) is 10.6 Å². The Morgan fingerprint density at radius 2 is 2.29 bits per heavy atom. The van der Waals surface area contributed by atoms with Crippen LogP contribution in [0.15, 0.2) is 24.3 Å². The molecule has 2 aliphatic rings. The first kappa shape index (κ1) is 14.6. The monoisotopic (exact) mass is 306 g/mol. The normalized spacial score (nSPS) is 24.6. The summed E-state index contributed by atoms with van der Waals surface area (Å²) in [6.07, 6.45) is 3.26. The van der Waals surface area contributed by atoms with Crippen LogP contribution in [0.4, 0.5) is 4.79 Å². The third-order valence-electron chi connectivity index (χ3n) is 4.00. The Labute approximate surface area is 130 Å². The Balaban J connectivity index is 1.42. The topological polar surface area (TPSA) is 50.4 Å². The van der Waals surface area contributed by atoms with Crippen molar-refractivity contribution in [2.24, 2.45) is 5.92 Å². The van der Waals surface area contributed by atoms with Crippen molar-refractivity contribution in [3.8, 4) is 5.75 Å². The van der Waals surface area contributed by atoms with Crippen LogP contribution < -0.4 is 15.4 Å². The number of carbonyl (C=O) groups is 1. The van der Waals surface area contributed by atoms with Gasteiger partial charge in [-0.15, -0.1) is 0 Å². The lowest BCUT2D eigenvalue weighted by Crippen LogP contribution is -2.46. The first-order valence-corrected chi connectivity index (χ1v) is 8.79. The number of fused-ring (bicyclic) bond motifs is 1. The fraction of sp³-hybridized carbons (Fsp3) is 0.562. The number of nitrogens with one attached hydrogen (secondary N) is 2. The quantitative estimate of drug-likeness (QED) is 0.902. The van der Waals surface area contributed by atoms with E-state index < -0.39 is 0 Å². The summed E-state index contributed by atoms with van der Waals surface area (Å²) in [5, 5.41) is 6.06. The molecule has 2 amide bonds. The molecule has 1 saturated heterocycles. The molecule has 0 unspecified atom stereocenters. The van der Waals surface area contributed by atoms with Gasteiger partial charge in [0.2, 0.25) is 0 Å². The molecule has 0 bridgehead atoms. The molecule has 21 heavy (non-hydrogen) atoms. The van der Waals surface area contributed by atoms with E-state index in [1.807, 2.05) is 30.0 Å². The highest BCUT2D eigenvalue weighted by Crippen LogP contribution is 2.26. The summed E-state index contributed by atoms with van der Waals surface area (Å²) in [5.41, 5.74) is 1.24. The minimum absolute atomic E-state index is 0.0404. The number of urea groups is 1. The number of para-hydroxylation sites is 1.